The van der Waals surface area contributed by atoms with Gasteiger partial charge in [0.25, 0.3) is 5.91 Å². The number of aromatic amines is 1. The molecule has 0 saturated carbocycles. The van der Waals surface area contributed by atoms with Gasteiger partial charge in [0.1, 0.15) is 6.33 Å². The number of nitrogens with one attached hydrogen (secondary N) is 1. The van der Waals surface area contributed by atoms with E-state index in [2.05, 4.69) is 15.2 Å². The van der Waals surface area contributed by atoms with Crippen LogP contribution in [-0.2, 0) is 5.75 Å². The minimum Gasteiger partial charge on any atom is -0.339 e. The highest BCUT2D eigenvalue weighted by Gasteiger charge is 2.19. The summed E-state index contributed by atoms with van der Waals surface area (Å²) in [5.74, 6) is 0.963. The maximum absolute atomic E-state index is 12.2. The van der Waals surface area contributed by atoms with Gasteiger partial charge in [0, 0.05) is 24.4 Å². The van der Waals surface area contributed by atoms with Gasteiger partial charge in [0.15, 0.2) is 5.16 Å². The summed E-state index contributed by atoms with van der Waals surface area (Å²) in [7, 11) is 0. The Bertz CT molecular complexity index is 561. The second kappa shape index (κ2) is 6.09. The predicted octanol–water partition coefficient (Wildman–Crippen LogP) is 2.33. The number of hydrogen-bond acceptors (Lipinski definition) is 4. The molecule has 0 aliphatic carbocycles. The smallest absolute Gasteiger partial charge is 0.253 e. The van der Waals surface area contributed by atoms with Gasteiger partial charge in [-0.2, -0.15) is 5.10 Å². The van der Waals surface area contributed by atoms with Crippen molar-refractivity contribution in [3.63, 3.8) is 0 Å². The number of amides is 1. The summed E-state index contributed by atoms with van der Waals surface area (Å²) in [4.78, 5) is 18.2. The van der Waals surface area contributed by atoms with Crippen molar-refractivity contribution in [2.24, 2.45) is 0 Å². The molecule has 104 valence electrons. The van der Waals surface area contributed by atoms with E-state index in [0.717, 1.165) is 42.4 Å². The highest BCUT2D eigenvalue weighted by atomic mass is 32.2. The molecule has 1 amide bonds. The van der Waals surface area contributed by atoms with Crippen LogP contribution in [0.5, 0.6) is 0 Å². The number of thioether (sulfide) groups is 1. The first-order chi connectivity index (χ1) is 9.83. The first-order valence-electron chi connectivity index (χ1n) is 6.69. The summed E-state index contributed by atoms with van der Waals surface area (Å²) in [6.07, 6.45) is 3.75. The van der Waals surface area contributed by atoms with Crippen LogP contribution in [0.15, 0.2) is 35.7 Å². The number of rotatable bonds is 4. The summed E-state index contributed by atoms with van der Waals surface area (Å²) in [6, 6.07) is 7.84. The fourth-order valence-electron chi connectivity index (χ4n) is 2.26. The molecule has 1 aromatic heterocycles. The van der Waals surface area contributed by atoms with Gasteiger partial charge in [0.2, 0.25) is 0 Å². The van der Waals surface area contributed by atoms with Crippen molar-refractivity contribution < 1.29 is 4.79 Å². The largest absolute Gasteiger partial charge is 0.339 e. The van der Waals surface area contributed by atoms with Crippen LogP contribution in [0.1, 0.15) is 28.8 Å². The minimum absolute atomic E-state index is 0.150. The van der Waals surface area contributed by atoms with Crippen LogP contribution in [0.2, 0.25) is 0 Å². The number of likely N-dealkylation sites (tertiary alicyclic amines) is 1. The summed E-state index contributed by atoms with van der Waals surface area (Å²) in [6.45, 7) is 1.78. The molecule has 0 unspecified atom stereocenters. The maximum Gasteiger partial charge on any atom is 0.253 e. The highest BCUT2D eigenvalue weighted by molar-refractivity contribution is 7.98. The Balaban J connectivity index is 1.60. The van der Waals surface area contributed by atoms with Crippen molar-refractivity contribution in [3.8, 4) is 0 Å². The predicted molar refractivity (Wildman–Crippen MR) is 77.5 cm³/mol. The molecule has 0 bridgehead atoms. The van der Waals surface area contributed by atoms with E-state index in [1.54, 1.807) is 11.8 Å². The zero-order valence-corrected chi connectivity index (χ0v) is 11.9. The van der Waals surface area contributed by atoms with Gasteiger partial charge >= 0.3 is 0 Å². The Hall–Kier alpha value is -1.82. The molecule has 20 heavy (non-hydrogen) atoms. The molecule has 1 saturated heterocycles. The van der Waals surface area contributed by atoms with E-state index < -0.39 is 0 Å². The minimum atomic E-state index is 0.150. The van der Waals surface area contributed by atoms with Gasteiger partial charge in [-0.05, 0) is 30.5 Å². The first kappa shape index (κ1) is 13.2. The standard InChI is InChI=1S/C14H16N4OS/c19-13(18-7-1-2-8-18)12-5-3-11(4-6-12)9-20-14-15-10-16-17-14/h3-6,10H,1-2,7-9H2,(H,15,16,17). The van der Waals surface area contributed by atoms with Crippen molar-refractivity contribution in [3.05, 3.63) is 41.7 Å². The molecule has 6 heteroatoms. The van der Waals surface area contributed by atoms with Crippen molar-refractivity contribution in [1.82, 2.24) is 20.1 Å². The van der Waals surface area contributed by atoms with Crippen molar-refractivity contribution in [2.75, 3.05) is 13.1 Å². The Kier molecular flexibility index (Phi) is 4.01. The number of hydrogen-bond donors (Lipinski definition) is 1. The molecular formula is C14H16N4OS. The molecule has 1 aromatic carbocycles. The van der Waals surface area contributed by atoms with Crippen LogP contribution >= 0.6 is 11.8 Å². The van der Waals surface area contributed by atoms with Crippen LogP contribution in [0.4, 0.5) is 0 Å². The maximum atomic E-state index is 12.2. The number of nitrogens with zero attached hydrogens (tertiary/aromatic N) is 3. The van der Waals surface area contributed by atoms with Crippen LogP contribution in [-0.4, -0.2) is 39.1 Å². The fourth-order valence-corrected chi connectivity index (χ4v) is 3.00. The molecule has 2 heterocycles. The monoisotopic (exact) mass is 288 g/mol. The summed E-state index contributed by atoms with van der Waals surface area (Å²) < 4.78 is 0. The number of aromatic nitrogens is 3. The Morgan fingerprint density at radius 3 is 2.65 bits per heavy atom. The average Bonchev–Trinajstić information content (AvgIpc) is 3.18. The summed E-state index contributed by atoms with van der Waals surface area (Å²) in [5.41, 5.74) is 1.95. The van der Waals surface area contributed by atoms with Gasteiger partial charge in [-0.3, -0.25) is 9.89 Å². The number of carbonyl (C=O) groups excluding carboxylic acids is 1. The van der Waals surface area contributed by atoms with E-state index in [0.29, 0.717) is 0 Å². The second-order valence-corrected chi connectivity index (χ2v) is 5.74. The lowest BCUT2D eigenvalue weighted by Gasteiger charge is -2.15. The highest BCUT2D eigenvalue weighted by Crippen LogP contribution is 2.19. The van der Waals surface area contributed by atoms with E-state index >= 15 is 0 Å². The van der Waals surface area contributed by atoms with Crippen molar-refractivity contribution >= 4 is 17.7 Å². The summed E-state index contributed by atoms with van der Waals surface area (Å²) in [5, 5.41) is 7.43. The Morgan fingerprint density at radius 2 is 2.00 bits per heavy atom. The Morgan fingerprint density at radius 1 is 1.25 bits per heavy atom. The van der Waals surface area contributed by atoms with E-state index in [1.165, 1.54) is 11.9 Å². The fraction of sp³-hybridized carbons (Fsp3) is 0.357. The SMILES string of the molecule is O=C(c1ccc(CSc2ncn[nH]2)cc1)N1CCCC1. The van der Waals surface area contributed by atoms with Crippen LogP contribution < -0.4 is 0 Å². The third-order valence-corrected chi connectivity index (χ3v) is 4.31. The molecule has 1 fully saturated rings. The second-order valence-electron chi connectivity index (χ2n) is 4.78. The molecule has 0 spiro atoms. The number of benzene rings is 1. The third-order valence-electron chi connectivity index (χ3n) is 3.36. The molecule has 0 radical (unpaired) electrons. The lowest BCUT2D eigenvalue weighted by Crippen LogP contribution is -2.27. The van der Waals surface area contributed by atoms with Gasteiger partial charge < -0.3 is 4.90 Å². The first-order valence-corrected chi connectivity index (χ1v) is 7.68. The zero-order valence-electron chi connectivity index (χ0n) is 11.1. The van der Waals surface area contributed by atoms with E-state index in [4.69, 9.17) is 0 Å². The van der Waals surface area contributed by atoms with Gasteiger partial charge in [0.05, 0.1) is 0 Å². The van der Waals surface area contributed by atoms with Crippen molar-refractivity contribution in [2.45, 2.75) is 23.8 Å². The van der Waals surface area contributed by atoms with Gasteiger partial charge in [-0.15, -0.1) is 0 Å². The molecule has 2 aromatic rings. The summed E-state index contributed by atoms with van der Waals surface area (Å²) >= 11 is 1.60. The lowest BCUT2D eigenvalue weighted by molar-refractivity contribution is 0.0793. The number of H-pyrrole nitrogens is 1. The molecule has 1 N–H and O–H groups in total. The van der Waals surface area contributed by atoms with Gasteiger partial charge in [-0.1, -0.05) is 23.9 Å². The average molecular weight is 288 g/mol. The zero-order chi connectivity index (χ0) is 13.8. The number of carbonyl (C=O) groups is 1. The van der Waals surface area contributed by atoms with Gasteiger partial charge in [-0.25, -0.2) is 4.98 Å². The van der Waals surface area contributed by atoms with E-state index in [1.807, 2.05) is 29.2 Å². The third kappa shape index (κ3) is 3.01. The quantitative estimate of drug-likeness (QED) is 0.877. The molecule has 1 aliphatic heterocycles. The molecular weight excluding hydrogens is 272 g/mol. The molecule has 5 nitrogen and oxygen atoms in total. The topological polar surface area (TPSA) is 61.9 Å². The molecule has 0 atom stereocenters. The van der Waals surface area contributed by atoms with Crippen LogP contribution in [0.3, 0.4) is 0 Å². The Labute approximate surface area is 121 Å². The van der Waals surface area contributed by atoms with Crippen LogP contribution in [0.25, 0.3) is 0 Å². The van der Waals surface area contributed by atoms with Crippen molar-refractivity contribution in [1.29, 1.82) is 0 Å². The molecule has 3 rings (SSSR count). The lowest BCUT2D eigenvalue weighted by atomic mass is 10.1. The normalized spacial score (nSPS) is 14.7. The van der Waals surface area contributed by atoms with E-state index in [-0.39, 0.29) is 5.91 Å². The van der Waals surface area contributed by atoms with E-state index in [9.17, 15) is 4.79 Å². The van der Waals surface area contributed by atoms with Crippen LogP contribution in [0, 0.1) is 0 Å². The molecule has 1 aliphatic rings.